The number of amides is 1. The minimum absolute atomic E-state index is 0.0249. The minimum Gasteiger partial charge on any atom is -0.481 e. The third-order valence-electron chi connectivity index (χ3n) is 21.9. The van der Waals surface area contributed by atoms with Crippen molar-refractivity contribution in [2.75, 3.05) is 27.2 Å². The van der Waals surface area contributed by atoms with Gasteiger partial charge < -0.3 is 24.2 Å². The number of hydrogen-bond donors (Lipinski definition) is 1. The van der Waals surface area contributed by atoms with Gasteiger partial charge >= 0.3 is 11.9 Å². The SMILES string of the molecule is C=C(C)[C@@H]1CC[C@]2(C(=O)N3CCC[C@H]3c3nc(-c4cccc(F)c4)cn3CCN(C)C)CC[C@]3(C)[C@H](CC[C@@H]4[C@@]5(C)CC[C@H](OC(=O)[C@H]6C[C@@H](C(=O)O)C6(C)C)C(C)(C)[C@@H]5CC[C@]43C)[C@@]12C. The molecular formula is C56H81FN4O5. The summed E-state index contributed by atoms with van der Waals surface area (Å²) in [4.78, 5) is 51.5. The number of carbonyl (C=O) groups is 3. The number of carboxylic acid groups (broad SMARTS) is 1. The number of imidazole rings is 1. The van der Waals surface area contributed by atoms with Crippen molar-refractivity contribution in [1.82, 2.24) is 19.4 Å². The second-order valence-corrected chi connectivity index (χ2v) is 25.4. The number of ether oxygens (including phenoxy) is 1. The van der Waals surface area contributed by atoms with Crippen LogP contribution in [0, 0.1) is 79.2 Å². The molecule has 362 valence electrons. The van der Waals surface area contributed by atoms with Gasteiger partial charge in [0.05, 0.1) is 29.0 Å². The average Bonchev–Trinajstić information content (AvgIpc) is 3.97. The summed E-state index contributed by atoms with van der Waals surface area (Å²) < 4.78 is 23.3. The Kier molecular flexibility index (Phi) is 11.5. The van der Waals surface area contributed by atoms with E-state index in [0.717, 1.165) is 114 Å². The van der Waals surface area contributed by atoms with Gasteiger partial charge in [-0.2, -0.15) is 0 Å². The van der Waals surface area contributed by atoms with Gasteiger partial charge in [0.25, 0.3) is 0 Å². The van der Waals surface area contributed by atoms with Crippen LogP contribution < -0.4 is 0 Å². The van der Waals surface area contributed by atoms with Crippen molar-refractivity contribution in [3.05, 3.63) is 54.3 Å². The standard InChI is InChI=1S/C56H81FN4O5/c1-34(2)37-20-25-56(49(65)61-28-14-17-41(61)46-58-40(33-60(46)30-29-59(11)12)35-15-13-16-36(57)31-35)27-26-54(9)44(55(37,56)10)19-18-43-52(7)23-22-45(51(5,6)42(52)21-24-53(43,54)8)66-48(64)39-32-38(47(62)63)50(39,3)4/h13,15-16,31,33,37-39,41-45H,1,14,17-30,32H2,2-12H3,(H,62,63)/t37-,38-,39+,41-,42-,43+,44-,45-,52-,53+,54+,55+,56+/m0/s1. The van der Waals surface area contributed by atoms with Crippen LogP contribution in [0.4, 0.5) is 4.39 Å². The Morgan fingerprint density at radius 3 is 2.23 bits per heavy atom. The number of nitrogens with zero attached hydrogens (tertiary/aromatic N) is 4. The van der Waals surface area contributed by atoms with Crippen molar-refractivity contribution >= 4 is 17.8 Å². The first-order chi connectivity index (χ1) is 30.9. The van der Waals surface area contributed by atoms with Gasteiger partial charge in [0.15, 0.2) is 0 Å². The van der Waals surface area contributed by atoms with E-state index in [0.29, 0.717) is 30.1 Å². The topological polar surface area (TPSA) is 105 Å². The number of hydrogen-bond acceptors (Lipinski definition) is 6. The van der Waals surface area contributed by atoms with E-state index in [2.05, 4.69) is 89.7 Å². The Morgan fingerprint density at radius 1 is 0.848 bits per heavy atom. The Hall–Kier alpha value is -3.53. The number of fused-ring (bicyclic) bond motifs is 7. The maximum absolute atomic E-state index is 16.1. The van der Waals surface area contributed by atoms with Gasteiger partial charge in [-0.05, 0) is 167 Å². The molecule has 6 aliphatic carbocycles. The molecule has 0 spiro atoms. The summed E-state index contributed by atoms with van der Waals surface area (Å²) >= 11 is 0. The minimum atomic E-state index is -0.826. The van der Waals surface area contributed by atoms with Gasteiger partial charge in [-0.1, -0.05) is 79.7 Å². The highest BCUT2D eigenvalue weighted by Crippen LogP contribution is 2.81. The molecule has 10 heteroatoms. The normalized spacial score (nSPS) is 41.0. The fourth-order valence-corrected chi connectivity index (χ4v) is 18.0. The van der Waals surface area contributed by atoms with Crippen LogP contribution in [0.15, 0.2) is 42.6 Å². The Labute approximate surface area is 395 Å². The lowest BCUT2D eigenvalue weighted by Crippen LogP contribution is -2.70. The monoisotopic (exact) mass is 909 g/mol. The van der Waals surface area contributed by atoms with Gasteiger partial charge in [0.1, 0.15) is 17.7 Å². The second-order valence-electron chi connectivity index (χ2n) is 25.4. The fourth-order valence-electron chi connectivity index (χ4n) is 18.0. The first-order valence-corrected chi connectivity index (χ1v) is 25.8. The molecule has 7 aliphatic rings. The van der Waals surface area contributed by atoms with Gasteiger partial charge in [0.2, 0.25) is 5.91 Å². The molecule has 2 aromatic rings. The van der Waals surface area contributed by atoms with Crippen LogP contribution in [0.25, 0.3) is 11.3 Å². The number of benzene rings is 1. The van der Waals surface area contributed by atoms with Gasteiger partial charge in [-0.3, -0.25) is 14.4 Å². The van der Waals surface area contributed by atoms with E-state index in [9.17, 15) is 19.1 Å². The highest BCUT2D eigenvalue weighted by Gasteiger charge is 2.76. The molecule has 1 amide bonds. The number of carbonyl (C=O) groups excluding carboxylic acids is 2. The molecule has 13 atom stereocenters. The lowest BCUT2D eigenvalue weighted by atomic mass is 9.30. The molecular weight excluding hydrogens is 828 g/mol. The van der Waals surface area contributed by atoms with Crippen molar-refractivity contribution in [3.63, 3.8) is 0 Å². The zero-order chi connectivity index (χ0) is 47.7. The zero-order valence-corrected chi connectivity index (χ0v) is 42.3. The fraction of sp³-hybridized carbons (Fsp3) is 0.750. The number of allylic oxidation sites excluding steroid dienone is 1. The van der Waals surface area contributed by atoms with Crippen LogP contribution in [0.2, 0.25) is 0 Å². The van der Waals surface area contributed by atoms with E-state index in [4.69, 9.17) is 9.72 Å². The number of likely N-dealkylation sites (N-methyl/N-ethyl adjacent to an activating group) is 1. The number of carboxylic acids is 1. The number of rotatable bonds is 10. The summed E-state index contributed by atoms with van der Waals surface area (Å²) in [6.07, 6.45) is 14.1. The van der Waals surface area contributed by atoms with E-state index >= 15 is 4.79 Å². The molecule has 1 aliphatic heterocycles. The van der Waals surface area contributed by atoms with Crippen molar-refractivity contribution < 1.29 is 28.6 Å². The van der Waals surface area contributed by atoms with Crippen LogP contribution in [-0.2, 0) is 25.7 Å². The quantitative estimate of drug-likeness (QED) is 0.187. The molecule has 0 bridgehead atoms. The highest BCUT2D eigenvalue weighted by atomic mass is 19.1. The maximum atomic E-state index is 16.1. The van der Waals surface area contributed by atoms with Crippen LogP contribution in [-0.4, -0.2) is 75.6 Å². The number of aromatic nitrogens is 2. The van der Waals surface area contributed by atoms with Gasteiger partial charge in [-0.15, -0.1) is 0 Å². The van der Waals surface area contributed by atoms with Crippen LogP contribution in [0.1, 0.15) is 158 Å². The lowest BCUT2D eigenvalue weighted by molar-refractivity contribution is -0.265. The van der Waals surface area contributed by atoms with Gasteiger partial charge in [-0.25, -0.2) is 9.37 Å². The molecule has 7 fully saturated rings. The molecule has 1 saturated heterocycles. The Balaban J connectivity index is 1.00. The van der Waals surface area contributed by atoms with Crippen LogP contribution in [0.5, 0.6) is 0 Å². The maximum Gasteiger partial charge on any atom is 0.309 e. The molecule has 2 heterocycles. The summed E-state index contributed by atoms with van der Waals surface area (Å²) in [5.74, 6) is 0.550. The summed E-state index contributed by atoms with van der Waals surface area (Å²) in [7, 11) is 4.15. The molecule has 9 nitrogen and oxygen atoms in total. The van der Waals surface area contributed by atoms with E-state index in [-0.39, 0.29) is 62.8 Å². The van der Waals surface area contributed by atoms with Gasteiger partial charge in [0, 0.05) is 36.8 Å². The Morgan fingerprint density at radius 2 is 1.56 bits per heavy atom. The second kappa shape index (κ2) is 16.0. The van der Waals surface area contributed by atoms with Crippen molar-refractivity contribution in [1.29, 1.82) is 0 Å². The highest BCUT2D eigenvalue weighted by molar-refractivity contribution is 5.85. The summed E-state index contributed by atoms with van der Waals surface area (Å²) in [6, 6.07) is 6.56. The summed E-state index contributed by atoms with van der Waals surface area (Å²) in [5.41, 5.74) is 1.32. The predicted octanol–water partition coefficient (Wildman–Crippen LogP) is 11.6. The summed E-state index contributed by atoms with van der Waals surface area (Å²) in [5, 5.41) is 9.75. The van der Waals surface area contributed by atoms with E-state index in [1.165, 1.54) is 11.6 Å². The van der Waals surface area contributed by atoms with Crippen molar-refractivity contribution in [2.45, 2.75) is 164 Å². The molecule has 1 aromatic heterocycles. The zero-order valence-electron chi connectivity index (χ0n) is 42.3. The number of aliphatic carboxylic acids is 1. The van der Waals surface area contributed by atoms with E-state index in [1.54, 1.807) is 12.1 Å². The first-order valence-electron chi connectivity index (χ1n) is 25.8. The molecule has 1 aromatic carbocycles. The van der Waals surface area contributed by atoms with Crippen molar-refractivity contribution in [2.24, 2.45) is 73.4 Å². The number of likely N-dealkylation sites (tertiary alicyclic amines) is 1. The molecule has 0 unspecified atom stereocenters. The number of esters is 1. The van der Waals surface area contributed by atoms with E-state index in [1.807, 2.05) is 19.9 Å². The smallest absolute Gasteiger partial charge is 0.309 e. The molecule has 6 saturated carbocycles. The predicted molar refractivity (Wildman–Crippen MR) is 256 cm³/mol. The Bertz CT molecular complexity index is 2280. The molecule has 0 radical (unpaired) electrons. The third-order valence-corrected chi connectivity index (χ3v) is 21.9. The largest absolute Gasteiger partial charge is 0.481 e. The lowest BCUT2D eigenvalue weighted by Gasteiger charge is -2.74. The summed E-state index contributed by atoms with van der Waals surface area (Å²) in [6.45, 7) is 28.1. The van der Waals surface area contributed by atoms with Crippen molar-refractivity contribution in [3.8, 4) is 11.3 Å². The molecule has 66 heavy (non-hydrogen) atoms. The first kappa shape index (κ1) is 47.5. The number of halogens is 1. The average molecular weight is 909 g/mol. The van der Waals surface area contributed by atoms with E-state index < -0.39 is 22.7 Å². The van der Waals surface area contributed by atoms with Crippen LogP contribution in [0.3, 0.4) is 0 Å². The molecule has 1 N–H and O–H groups in total. The van der Waals surface area contributed by atoms with Crippen LogP contribution >= 0.6 is 0 Å². The third kappa shape index (κ3) is 6.64. The molecule has 9 rings (SSSR count).